The molecule has 1 aromatic carbocycles. The highest BCUT2D eigenvalue weighted by molar-refractivity contribution is 5.55. The van der Waals surface area contributed by atoms with Crippen molar-refractivity contribution in [2.75, 3.05) is 6.61 Å². The molecule has 1 heterocycles. The molecule has 0 aliphatic rings. The molecule has 2 aromatic rings. The van der Waals surface area contributed by atoms with Crippen molar-refractivity contribution < 1.29 is 4.74 Å². The minimum Gasteiger partial charge on any atom is -0.494 e. The van der Waals surface area contributed by atoms with Gasteiger partial charge in [0, 0.05) is 18.0 Å². The van der Waals surface area contributed by atoms with Crippen LogP contribution in [0.3, 0.4) is 0 Å². The van der Waals surface area contributed by atoms with Gasteiger partial charge in [0.25, 0.3) is 0 Å². The molecule has 1 aromatic heterocycles. The number of hydrogen-bond donors (Lipinski definition) is 0. The molecule has 0 radical (unpaired) electrons. The molecule has 110 valence electrons. The zero-order valence-corrected chi connectivity index (χ0v) is 12.6. The molecular weight excluding hydrogens is 260 g/mol. The number of rotatable bonds is 8. The largest absolute Gasteiger partial charge is 0.494 e. The number of benzene rings is 1. The Bertz CT molecular complexity index is 546. The van der Waals surface area contributed by atoms with E-state index in [4.69, 9.17) is 4.74 Å². The Balaban J connectivity index is 1.96. The summed E-state index contributed by atoms with van der Waals surface area (Å²) >= 11 is 0. The van der Waals surface area contributed by atoms with E-state index >= 15 is 0 Å². The molecule has 3 heteroatoms. The summed E-state index contributed by atoms with van der Waals surface area (Å²) < 4.78 is 5.70. The first-order valence-corrected chi connectivity index (χ1v) is 7.48. The van der Waals surface area contributed by atoms with Crippen LogP contribution in [0, 0.1) is 0 Å². The SMILES string of the molecule is C=CCc1cnc(-c2ccc(OCCCCC)cc2)nc1. The molecule has 21 heavy (non-hydrogen) atoms. The maximum Gasteiger partial charge on any atom is 0.159 e. The molecule has 0 spiro atoms. The van der Waals surface area contributed by atoms with Crippen molar-refractivity contribution in [1.82, 2.24) is 9.97 Å². The fourth-order valence-electron chi connectivity index (χ4n) is 2.02. The summed E-state index contributed by atoms with van der Waals surface area (Å²) in [4.78, 5) is 8.77. The first-order valence-electron chi connectivity index (χ1n) is 7.48. The molecule has 0 saturated carbocycles. The van der Waals surface area contributed by atoms with E-state index in [0.29, 0.717) is 0 Å². The van der Waals surface area contributed by atoms with E-state index in [9.17, 15) is 0 Å². The van der Waals surface area contributed by atoms with Crippen molar-refractivity contribution in [3.63, 3.8) is 0 Å². The standard InChI is InChI=1S/C18H22N2O/c1-3-5-6-12-21-17-10-8-16(9-11-17)18-19-13-15(7-4-2)14-20-18/h4,8-11,13-14H,2-3,5-7,12H2,1H3. The summed E-state index contributed by atoms with van der Waals surface area (Å²) in [7, 11) is 0. The summed E-state index contributed by atoms with van der Waals surface area (Å²) in [5, 5.41) is 0. The van der Waals surface area contributed by atoms with E-state index in [0.717, 1.165) is 42.1 Å². The lowest BCUT2D eigenvalue weighted by molar-refractivity contribution is 0.306. The Morgan fingerprint density at radius 2 is 1.81 bits per heavy atom. The Kier molecular flexibility index (Phi) is 5.95. The third kappa shape index (κ3) is 4.71. The molecule has 0 amide bonds. The van der Waals surface area contributed by atoms with E-state index < -0.39 is 0 Å². The average molecular weight is 282 g/mol. The third-order valence-electron chi connectivity index (χ3n) is 3.21. The van der Waals surface area contributed by atoms with Gasteiger partial charge in [0.05, 0.1) is 6.61 Å². The molecule has 0 fully saturated rings. The molecule has 3 nitrogen and oxygen atoms in total. The van der Waals surface area contributed by atoms with Crippen LogP contribution in [0.1, 0.15) is 31.7 Å². The van der Waals surface area contributed by atoms with Crippen LogP contribution in [-0.4, -0.2) is 16.6 Å². The van der Waals surface area contributed by atoms with E-state index in [1.54, 1.807) is 0 Å². The van der Waals surface area contributed by atoms with Gasteiger partial charge in [0.15, 0.2) is 5.82 Å². The minimum atomic E-state index is 0.736. The van der Waals surface area contributed by atoms with Crippen LogP contribution in [0.4, 0.5) is 0 Å². The van der Waals surface area contributed by atoms with Gasteiger partial charge in [-0.1, -0.05) is 25.8 Å². The summed E-state index contributed by atoms with van der Waals surface area (Å²) in [5.74, 6) is 1.64. The molecular formula is C18H22N2O. The Hall–Kier alpha value is -2.16. The third-order valence-corrected chi connectivity index (χ3v) is 3.21. The fourth-order valence-corrected chi connectivity index (χ4v) is 2.02. The van der Waals surface area contributed by atoms with Crippen molar-refractivity contribution in [3.05, 3.63) is 54.9 Å². The lowest BCUT2D eigenvalue weighted by Gasteiger charge is -2.06. The van der Waals surface area contributed by atoms with Gasteiger partial charge < -0.3 is 4.74 Å². The van der Waals surface area contributed by atoms with Crippen molar-refractivity contribution in [2.45, 2.75) is 32.6 Å². The van der Waals surface area contributed by atoms with Gasteiger partial charge in [-0.3, -0.25) is 0 Å². The second-order valence-corrected chi connectivity index (χ2v) is 4.99. The number of nitrogens with zero attached hydrogens (tertiary/aromatic N) is 2. The second-order valence-electron chi connectivity index (χ2n) is 4.99. The molecule has 0 saturated heterocycles. The van der Waals surface area contributed by atoms with Gasteiger partial charge in [0.2, 0.25) is 0 Å². The smallest absolute Gasteiger partial charge is 0.159 e. The highest BCUT2D eigenvalue weighted by Gasteiger charge is 2.02. The Morgan fingerprint density at radius 3 is 2.43 bits per heavy atom. The normalized spacial score (nSPS) is 10.3. The lowest BCUT2D eigenvalue weighted by atomic mass is 10.2. The van der Waals surface area contributed by atoms with Crippen LogP contribution in [0.25, 0.3) is 11.4 Å². The Labute approximate surface area is 126 Å². The molecule has 0 bridgehead atoms. The van der Waals surface area contributed by atoms with Crippen LogP contribution in [0.15, 0.2) is 49.3 Å². The summed E-state index contributed by atoms with van der Waals surface area (Å²) in [5.41, 5.74) is 2.07. The monoisotopic (exact) mass is 282 g/mol. The quantitative estimate of drug-likeness (QED) is 0.530. The van der Waals surface area contributed by atoms with Gasteiger partial charge in [-0.2, -0.15) is 0 Å². The van der Waals surface area contributed by atoms with Crippen LogP contribution in [0.2, 0.25) is 0 Å². The van der Waals surface area contributed by atoms with E-state index in [-0.39, 0.29) is 0 Å². The topological polar surface area (TPSA) is 35.0 Å². The molecule has 0 aliphatic heterocycles. The average Bonchev–Trinajstić information content (AvgIpc) is 2.53. The summed E-state index contributed by atoms with van der Waals surface area (Å²) in [6, 6.07) is 7.94. The summed E-state index contributed by atoms with van der Waals surface area (Å²) in [6.45, 7) is 6.68. The molecule has 0 atom stereocenters. The van der Waals surface area contributed by atoms with Gasteiger partial charge >= 0.3 is 0 Å². The van der Waals surface area contributed by atoms with Crippen LogP contribution < -0.4 is 4.74 Å². The molecule has 2 rings (SSSR count). The van der Waals surface area contributed by atoms with Crippen molar-refractivity contribution >= 4 is 0 Å². The predicted molar refractivity (Wildman–Crippen MR) is 86.4 cm³/mol. The molecule has 0 unspecified atom stereocenters. The number of aromatic nitrogens is 2. The zero-order chi connectivity index (χ0) is 14.9. The number of ether oxygens (including phenoxy) is 1. The second kappa shape index (κ2) is 8.20. The maximum absolute atomic E-state index is 5.70. The van der Waals surface area contributed by atoms with Crippen molar-refractivity contribution in [2.24, 2.45) is 0 Å². The molecule has 0 N–H and O–H groups in total. The van der Waals surface area contributed by atoms with Crippen LogP contribution >= 0.6 is 0 Å². The number of hydrogen-bond acceptors (Lipinski definition) is 3. The minimum absolute atomic E-state index is 0.736. The highest BCUT2D eigenvalue weighted by atomic mass is 16.5. The first kappa shape index (κ1) is 15.2. The zero-order valence-electron chi connectivity index (χ0n) is 12.6. The van der Waals surface area contributed by atoms with Crippen molar-refractivity contribution in [1.29, 1.82) is 0 Å². The van der Waals surface area contributed by atoms with Crippen LogP contribution in [0.5, 0.6) is 5.75 Å². The predicted octanol–water partition coefficient (Wildman–Crippen LogP) is 4.44. The Morgan fingerprint density at radius 1 is 1.10 bits per heavy atom. The van der Waals surface area contributed by atoms with Crippen LogP contribution in [-0.2, 0) is 6.42 Å². The fraction of sp³-hybridized carbons (Fsp3) is 0.333. The van der Waals surface area contributed by atoms with Gasteiger partial charge in [-0.05, 0) is 42.7 Å². The first-order chi connectivity index (χ1) is 10.3. The van der Waals surface area contributed by atoms with Gasteiger partial charge in [-0.25, -0.2) is 9.97 Å². The number of allylic oxidation sites excluding steroid dienone is 1. The van der Waals surface area contributed by atoms with Gasteiger partial charge in [-0.15, -0.1) is 6.58 Å². The highest BCUT2D eigenvalue weighted by Crippen LogP contribution is 2.19. The van der Waals surface area contributed by atoms with E-state index in [1.165, 1.54) is 12.8 Å². The van der Waals surface area contributed by atoms with E-state index in [2.05, 4.69) is 23.5 Å². The number of unbranched alkanes of at least 4 members (excludes halogenated alkanes) is 2. The van der Waals surface area contributed by atoms with Crippen molar-refractivity contribution in [3.8, 4) is 17.1 Å². The van der Waals surface area contributed by atoms with E-state index in [1.807, 2.05) is 42.7 Å². The lowest BCUT2D eigenvalue weighted by Crippen LogP contribution is -1.97. The van der Waals surface area contributed by atoms with Gasteiger partial charge in [0.1, 0.15) is 5.75 Å². The maximum atomic E-state index is 5.70. The summed E-state index contributed by atoms with van der Waals surface area (Å²) in [6.07, 6.45) is 9.86. The molecule has 0 aliphatic carbocycles.